The summed E-state index contributed by atoms with van der Waals surface area (Å²) in [5.74, 6) is 0.582. The third-order valence-corrected chi connectivity index (χ3v) is 3.43. The number of aromatic nitrogens is 5. The maximum atomic E-state index is 4.63. The van der Waals surface area contributed by atoms with Crippen molar-refractivity contribution in [2.24, 2.45) is 0 Å². The third-order valence-electron chi connectivity index (χ3n) is 3.43. The molecule has 2 aromatic carbocycles. The lowest BCUT2D eigenvalue weighted by atomic mass is 10.3. The predicted molar refractivity (Wildman–Crippen MR) is 86.1 cm³/mol. The fraction of sp³-hybridized carbons (Fsp3) is 0. The van der Waals surface area contributed by atoms with Gasteiger partial charge in [0.1, 0.15) is 11.4 Å². The Morgan fingerprint density at radius 3 is 2.08 bits per heavy atom. The Morgan fingerprint density at radius 2 is 1.42 bits per heavy atom. The molecule has 2 aromatic heterocycles. The van der Waals surface area contributed by atoms with Gasteiger partial charge in [-0.1, -0.05) is 42.5 Å². The van der Waals surface area contributed by atoms with Gasteiger partial charge in [0.25, 0.3) is 0 Å². The Morgan fingerprint density at radius 1 is 0.750 bits per heavy atom. The van der Waals surface area contributed by atoms with Gasteiger partial charge in [-0.15, -0.1) is 0 Å². The van der Waals surface area contributed by atoms with Crippen molar-refractivity contribution in [2.45, 2.75) is 0 Å². The number of para-hydroxylation sites is 2. The van der Waals surface area contributed by atoms with E-state index >= 15 is 0 Å². The standard InChI is InChI=1S/C18H14N5.ClH/c1-3-9-15(10-4-1)22-20-18(17-13-7-8-14-19-17)21-23(22)16-11-5-2-6-12-16;/h1-14H;1H/q+1;/p-1. The molecule has 118 valence electrons. The predicted octanol–water partition coefficient (Wildman–Crippen LogP) is -0.390. The summed E-state index contributed by atoms with van der Waals surface area (Å²) in [6.45, 7) is 0. The van der Waals surface area contributed by atoms with Crippen LogP contribution in [0, 0.1) is 0 Å². The van der Waals surface area contributed by atoms with Gasteiger partial charge in [-0.3, -0.25) is 4.98 Å². The Balaban J connectivity index is 0.00000169. The van der Waals surface area contributed by atoms with Crippen LogP contribution in [-0.2, 0) is 0 Å². The average molecular weight is 336 g/mol. The van der Waals surface area contributed by atoms with Gasteiger partial charge in [0, 0.05) is 11.0 Å². The minimum absolute atomic E-state index is 0. The van der Waals surface area contributed by atoms with Crippen molar-refractivity contribution in [3.05, 3.63) is 85.1 Å². The Kier molecular flexibility index (Phi) is 4.63. The maximum Gasteiger partial charge on any atom is 0.358 e. The lowest BCUT2D eigenvalue weighted by Gasteiger charge is -1.98. The number of tetrazole rings is 1. The molecule has 0 radical (unpaired) electrons. The van der Waals surface area contributed by atoms with Gasteiger partial charge >= 0.3 is 5.82 Å². The number of halogens is 1. The zero-order valence-corrected chi connectivity index (χ0v) is 13.5. The topological polar surface area (TPSA) is 47.5 Å². The first kappa shape index (κ1) is 15.8. The van der Waals surface area contributed by atoms with Crippen molar-refractivity contribution in [1.82, 2.24) is 20.0 Å². The number of nitrogens with zero attached hydrogens (tertiary/aromatic N) is 5. The van der Waals surface area contributed by atoms with Gasteiger partial charge in [0.2, 0.25) is 0 Å². The van der Waals surface area contributed by atoms with E-state index in [4.69, 9.17) is 0 Å². The van der Waals surface area contributed by atoms with Gasteiger partial charge in [0.05, 0.1) is 5.10 Å². The number of hydrogen-bond donors (Lipinski definition) is 0. The molecule has 4 rings (SSSR count). The van der Waals surface area contributed by atoms with Crippen LogP contribution in [0.4, 0.5) is 0 Å². The van der Waals surface area contributed by atoms with E-state index in [0.717, 1.165) is 17.1 Å². The van der Waals surface area contributed by atoms with E-state index in [-0.39, 0.29) is 12.4 Å². The second-order valence-electron chi connectivity index (χ2n) is 4.99. The molecule has 0 N–H and O–H groups in total. The molecule has 2 heterocycles. The van der Waals surface area contributed by atoms with E-state index in [9.17, 15) is 0 Å². The molecule has 4 aromatic rings. The molecule has 0 atom stereocenters. The van der Waals surface area contributed by atoms with E-state index in [1.165, 1.54) is 0 Å². The second-order valence-corrected chi connectivity index (χ2v) is 4.99. The van der Waals surface area contributed by atoms with Crippen LogP contribution in [0.2, 0.25) is 0 Å². The number of hydrogen-bond acceptors (Lipinski definition) is 3. The maximum absolute atomic E-state index is 4.63. The second kappa shape index (κ2) is 7.02. The average Bonchev–Trinajstić information content (AvgIpc) is 3.09. The smallest absolute Gasteiger partial charge is 0.358 e. The summed E-state index contributed by atoms with van der Waals surface area (Å²) >= 11 is 0. The first-order valence-corrected chi connectivity index (χ1v) is 7.34. The quantitative estimate of drug-likeness (QED) is 0.479. The van der Waals surface area contributed by atoms with Crippen LogP contribution in [0.5, 0.6) is 0 Å². The lowest BCUT2D eigenvalue weighted by molar-refractivity contribution is -0.734. The number of rotatable bonds is 3. The zero-order chi connectivity index (χ0) is 15.5. The molecule has 5 nitrogen and oxygen atoms in total. The molecule has 0 unspecified atom stereocenters. The number of benzene rings is 2. The molecular formula is C18H14ClN5. The van der Waals surface area contributed by atoms with Crippen LogP contribution in [-0.4, -0.2) is 20.0 Å². The monoisotopic (exact) mass is 335 g/mol. The molecular weight excluding hydrogens is 322 g/mol. The van der Waals surface area contributed by atoms with Crippen molar-refractivity contribution in [3.8, 4) is 22.9 Å². The van der Waals surface area contributed by atoms with Crippen LogP contribution in [0.25, 0.3) is 22.9 Å². The summed E-state index contributed by atoms with van der Waals surface area (Å²) in [5, 5.41) is 9.27. The fourth-order valence-electron chi connectivity index (χ4n) is 2.34. The van der Waals surface area contributed by atoms with E-state index in [0.29, 0.717) is 5.82 Å². The summed E-state index contributed by atoms with van der Waals surface area (Å²) in [5.41, 5.74) is 2.61. The van der Waals surface area contributed by atoms with Crippen LogP contribution >= 0.6 is 0 Å². The molecule has 0 aliphatic carbocycles. The highest BCUT2D eigenvalue weighted by Crippen LogP contribution is 2.12. The van der Waals surface area contributed by atoms with Crippen molar-refractivity contribution in [2.75, 3.05) is 0 Å². The zero-order valence-electron chi connectivity index (χ0n) is 12.7. The molecule has 0 fully saturated rings. The van der Waals surface area contributed by atoms with E-state index < -0.39 is 0 Å². The SMILES string of the molecule is [Cl-].c1ccc(-n2nc(-c3ccccn3)n[n+]2-c2ccccc2)cc1. The highest BCUT2D eigenvalue weighted by molar-refractivity contribution is 5.46. The van der Waals surface area contributed by atoms with Crippen molar-refractivity contribution in [1.29, 1.82) is 0 Å². The van der Waals surface area contributed by atoms with E-state index in [1.54, 1.807) is 15.8 Å². The first-order valence-electron chi connectivity index (χ1n) is 7.34. The summed E-state index contributed by atoms with van der Waals surface area (Å²) in [6, 6.07) is 25.6. The largest absolute Gasteiger partial charge is 1.00 e. The third kappa shape index (κ3) is 3.02. The molecule has 0 aliphatic heterocycles. The molecule has 0 spiro atoms. The molecule has 24 heavy (non-hydrogen) atoms. The molecule has 0 saturated heterocycles. The Labute approximate surface area is 145 Å². The highest BCUT2D eigenvalue weighted by Gasteiger charge is 2.23. The van der Waals surface area contributed by atoms with Crippen LogP contribution < -0.4 is 17.2 Å². The van der Waals surface area contributed by atoms with E-state index in [1.807, 2.05) is 78.9 Å². The van der Waals surface area contributed by atoms with E-state index in [2.05, 4.69) is 15.2 Å². The molecule has 0 saturated carbocycles. The van der Waals surface area contributed by atoms with Gasteiger partial charge in [0.15, 0.2) is 5.69 Å². The summed E-state index contributed by atoms with van der Waals surface area (Å²) < 4.78 is 0. The molecule has 0 aliphatic rings. The first-order chi connectivity index (χ1) is 11.4. The van der Waals surface area contributed by atoms with Crippen LogP contribution in [0.1, 0.15) is 0 Å². The van der Waals surface area contributed by atoms with Gasteiger partial charge < -0.3 is 12.4 Å². The van der Waals surface area contributed by atoms with Crippen LogP contribution in [0.15, 0.2) is 85.1 Å². The van der Waals surface area contributed by atoms with Crippen LogP contribution in [0.3, 0.4) is 0 Å². The normalized spacial score (nSPS) is 10.2. The summed E-state index contributed by atoms with van der Waals surface area (Å²) in [4.78, 5) is 7.89. The number of pyridine rings is 1. The highest BCUT2D eigenvalue weighted by atomic mass is 35.5. The molecule has 0 amide bonds. The minimum atomic E-state index is 0. The van der Waals surface area contributed by atoms with Crippen molar-refractivity contribution in [3.63, 3.8) is 0 Å². The fourth-order valence-corrected chi connectivity index (χ4v) is 2.34. The van der Waals surface area contributed by atoms with Gasteiger partial charge in [-0.2, -0.15) is 0 Å². The molecule has 6 heteroatoms. The minimum Gasteiger partial charge on any atom is -1.00 e. The summed E-state index contributed by atoms with van der Waals surface area (Å²) in [7, 11) is 0. The summed E-state index contributed by atoms with van der Waals surface area (Å²) in [6.07, 6.45) is 1.74. The lowest BCUT2D eigenvalue weighted by Crippen LogP contribution is -3.00. The van der Waals surface area contributed by atoms with Crippen molar-refractivity contribution < 1.29 is 17.2 Å². The Bertz CT molecular complexity index is 851. The van der Waals surface area contributed by atoms with Gasteiger partial charge in [-0.25, -0.2) is 0 Å². The van der Waals surface area contributed by atoms with Gasteiger partial charge in [-0.05, 0) is 46.3 Å². The Hall–Kier alpha value is -3.05. The van der Waals surface area contributed by atoms with Crippen molar-refractivity contribution >= 4 is 0 Å². The molecule has 0 bridgehead atoms.